The number of carbonyl (C=O) groups is 1. The van der Waals surface area contributed by atoms with E-state index in [-0.39, 0.29) is 5.75 Å². The van der Waals surface area contributed by atoms with Crippen LogP contribution in [0, 0.1) is 0 Å². The van der Waals surface area contributed by atoms with E-state index >= 15 is 0 Å². The lowest BCUT2D eigenvalue weighted by Gasteiger charge is -2.29. The first-order valence-electron chi connectivity index (χ1n) is 6.45. The van der Waals surface area contributed by atoms with Crippen LogP contribution < -0.4 is 4.74 Å². The van der Waals surface area contributed by atoms with Crippen molar-refractivity contribution in [3.8, 4) is 16.9 Å². The molecule has 2 nitrogen and oxygen atoms in total. The van der Waals surface area contributed by atoms with Crippen LogP contribution in [0.1, 0.15) is 6.92 Å². The third-order valence-electron chi connectivity index (χ3n) is 3.27. The van der Waals surface area contributed by atoms with Crippen LogP contribution in [0.25, 0.3) is 11.1 Å². The van der Waals surface area contributed by atoms with Crippen LogP contribution in [0.2, 0.25) is 5.02 Å². The van der Waals surface area contributed by atoms with Crippen LogP contribution in [0.5, 0.6) is 5.75 Å². The molecule has 0 amide bonds. The first-order chi connectivity index (χ1) is 10.6. The van der Waals surface area contributed by atoms with Crippen LogP contribution in [0.4, 0.5) is 13.2 Å². The van der Waals surface area contributed by atoms with Crippen LogP contribution in [0.15, 0.2) is 48.5 Å². The molecule has 0 N–H and O–H groups in total. The minimum atomic E-state index is -4.93. The number of hydrogen-bond acceptors (Lipinski definition) is 2. The average Bonchev–Trinajstić information content (AvgIpc) is 2.47. The Morgan fingerprint density at radius 3 is 1.78 bits per heavy atom. The highest BCUT2D eigenvalue weighted by molar-refractivity contribution is 6.65. The third kappa shape index (κ3) is 3.79. The SMILES string of the molecule is CC(Oc1ccc(-c2ccc(Cl)cc2)cc1)(C(=O)Cl)C(F)(F)F. The first kappa shape index (κ1) is 17.6. The van der Waals surface area contributed by atoms with Gasteiger partial charge in [0.05, 0.1) is 0 Å². The van der Waals surface area contributed by atoms with Gasteiger partial charge < -0.3 is 4.74 Å². The molecule has 23 heavy (non-hydrogen) atoms. The summed E-state index contributed by atoms with van der Waals surface area (Å²) in [5, 5.41) is -1.05. The number of rotatable bonds is 4. The summed E-state index contributed by atoms with van der Waals surface area (Å²) in [6.45, 7) is 0.593. The fourth-order valence-corrected chi connectivity index (χ4v) is 2.07. The molecule has 1 unspecified atom stereocenters. The molecule has 1 atom stereocenters. The second kappa shape index (κ2) is 6.42. The van der Waals surface area contributed by atoms with Gasteiger partial charge in [0.15, 0.2) is 0 Å². The van der Waals surface area contributed by atoms with E-state index in [1.54, 1.807) is 36.4 Å². The van der Waals surface area contributed by atoms with Crippen molar-refractivity contribution >= 4 is 28.4 Å². The van der Waals surface area contributed by atoms with Gasteiger partial charge in [-0.05, 0) is 53.9 Å². The molecule has 122 valence electrons. The summed E-state index contributed by atoms with van der Waals surface area (Å²) in [5.41, 5.74) is -1.50. The Labute approximate surface area is 140 Å². The normalized spacial score (nSPS) is 14.2. The Kier molecular flexibility index (Phi) is 4.92. The van der Waals surface area contributed by atoms with E-state index in [9.17, 15) is 18.0 Å². The van der Waals surface area contributed by atoms with E-state index in [2.05, 4.69) is 0 Å². The largest absolute Gasteiger partial charge is 0.469 e. The van der Waals surface area contributed by atoms with Crippen LogP contribution >= 0.6 is 23.2 Å². The van der Waals surface area contributed by atoms with Crippen molar-refractivity contribution in [3.05, 3.63) is 53.6 Å². The second-order valence-corrected chi connectivity index (χ2v) is 5.72. The molecule has 0 aliphatic rings. The number of benzene rings is 2. The maximum Gasteiger partial charge on any atom is 0.436 e. The van der Waals surface area contributed by atoms with Gasteiger partial charge in [-0.1, -0.05) is 35.9 Å². The van der Waals surface area contributed by atoms with Crippen molar-refractivity contribution in [1.82, 2.24) is 0 Å². The number of halogens is 5. The number of hydrogen-bond donors (Lipinski definition) is 0. The Bertz CT molecular complexity index is 697. The molecule has 0 saturated heterocycles. The van der Waals surface area contributed by atoms with Gasteiger partial charge in [0.25, 0.3) is 10.8 Å². The predicted octanol–water partition coefficient (Wildman–Crippen LogP) is 5.47. The van der Waals surface area contributed by atoms with Crippen LogP contribution in [0.3, 0.4) is 0 Å². The Hall–Kier alpha value is -1.72. The molecule has 0 aromatic heterocycles. The molecule has 0 aliphatic carbocycles. The Morgan fingerprint density at radius 2 is 1.39 bits per heavy atom. The van der Waals surface area contributed by atoms with E-state index in [0.717, 1.165) is 11.1 Å². The quantitative estimate of drug-likeness (QED) is 0.673. The molecule has 0 aliphatic heterocycles. The van der Waals surface area contributed by atoms with Gasteiger partial charge in [-0.3, -0.25) is 4.79 Å². The lowest BCUT2D eigenvalue weighted by Crippen LogP contribution is -2.52. The van der Waals surface area contributed by atoms with E-state index in [0.29, 0.717) is 11.9 Å². The number of ether oxygens (including phenoxy) is 1. The minimum Gasteiger partial charge on any atom is -0.469 e. The highest BCUT2D eigenvalue weighted by Gasteiger charge is 2.59. The van der Waals surface area contributed by atoms with Crippen LogP contribution in [-0.2, 0) is 4.79 Å². The monoisotopic (exact) mass is 362 g/mol. The second-order valence-electron chi connectivity index (χ2n) is 4.94. The van der Waals surface area contributed by atoms with Crippen molar-refractivity contribution in [2.45, 2.75) is 18.7 Å². The zero-order valence-corrected chi connectivity index (χ0v) is 13.3. The Morgan fingerprint density at radius 1 is 0.957 bits per heavy atom. The zero-order chi connectivity index (χ0) is 17.3. The summed E-state index contributed by atoms with van der Waals surface area (Å²) in [7, 11) is 0. The lowest BCUT2D eigenvalue weighted by atomic mass is 10.1. The van der Waals surface area contributed by atoms with E-state index in [4.69, 9.17) is 27.9 Å². The van der Waals surface area contributed by atoms with Gasteiger partial charge in [-0.15, -0.1) is 0 Å². The first-order valence-corrected chi connectivity index (χ1v) is 7.21. The minimum absolute atomic E-state index is 0.114. The summed E-state index contributed by atoms with van der Waals surface area (Å²) >= 11 is 10.9. The molecule has 0 bridgehead atoms. The number of carbonyl (C=O) groups excluding carboxylic acids is 1. The molecule has 0 radical (unpaired) electrons. The van der Waals surface area contributed by atoms with E-state index in [1.807, 2.05) is 0 Å². The molecule has 0 saturated carbocycles. The molecule has 2 aromatic rings. The standard InChI is InChI=1S/C16H11Cl2F3O2/c1-15(14(18)22,16(19,20)21)23-13-8-4-11(5-9-13)10-2-6-12(17)7-3-10/h2-9H,1H3. The van der Waals surface area contributed by atoms with E-state index in [1.165, 1.54) is 12.1 Å². The van der Waals surface area contributed by atoms with Gasteiger partial charge in [-0.2, -0.15) is 13.2 Å². The van der Waals surface area contributed by atoms with Crippen LogP contribution in [-0.4, -0.2) is 17.0 Å². The van der Waals surface area contributed by atoms with Gasteiger partial charge >= 0.3 is 6.18 Å². The fraction of sp³-hybridized carbons (Fsp3) is 0.188. The van der Waals surface area contributed by atoms with Gasteiger partial charge in [0, 0.05) is 5.02 Å². The Balaban J connectivity index is 2.26. The van der Waals surface area contributed by atoms with Crippen molar-refractivity contribution in [3.63, 3.8) is 0 Å². The van der Waals surface area contributed by atoms with Gasteiger partial charge in [0.1, 0.15) is 5.75 Å². The molecule has 0 heterocycles. The molecule has 7 heteroatoms. The highest BCUT2D eigenvalue weighted by Crippen LogP contribution is 2.37. The van der Waals surface area contributed by atoms with E-state index < -0.39 is 17.0 Å². The van der Waals surface area contributed by atoms with Crippen molar-refractivity contribution in [2.75, 3.05) is 0 Å². The van der Waals surface area contributed by atoms with Crippen molar-refractivity contribution in [2.24, 2.45) is 0 Å². The third-order valence-corrected chi connectivity index (χ3v) is 3.88. The van der Waals surface area contributed by atoms with Crippen molar-refractivity contribution < 1.29 is 22.7 Å². The molecular weight excluding hydrogens is 352 g/mol. The molecular formula is C16H11Cl2F3O2. The smallest absolute Gasteiger partial charge is 0.436 e. The topological polar surface area (TPSA) is 26.3 Å². The summed E-state index contributed by atoms with van der Waals surface area (Å²) in [6.07, 6.45) is -4.93. The summed E-state index contributed by atoms with van der Waals surface area (Å²) < 4.78 is 43.8. The lowest BCUT2D eigenvalue weighted by molar-refractivity contribution is -0.231. The zero-order valence-electron chi connectivity index (χ0n) is 11.8. The molecule has 2 aromatic carbocycles. The summed E-state index contributed by atoms with van der Waals surface area (Å²) in [6, 6.07) is 12.8. The summed E-state index contributed by atoms with van der Waals surface area (Å²) in [5.74, 6) is -0.114. The molecule has 0 fully saturated rings. The highest BCUT2D eigenvalue weighted by atomic mass is 35.5. The molecule has 2 rings (SSSR count). The molecule has 0 spiro atoms. The van der Waals surface area contributed by atoms with Gasteiger partial charge in [-0.25, -0.2) is 0 Å². The fourth-order valence-electron chi connectivity index (χ4n) is 1.80. The number of alkyl halides is 3. The average molecular weight is 363 g/mol. The maximum atomic E-state index is 13.0. The maximum absolute atomic E-state index is 13.0. The summed E-state index contributed by atoms with van der Waals surface area (Å²) in [4.78, 5) is 11.1. The van der Waals surface area contributed by atoms with Gasteiger partial charge in [0.2, 0.25) is 0 Å². The predicted molar refractivity (Wildman–Crippen MR) is 82.8 cm³/mol. The van der Waals surface area contributed by atoms with Crippen molar-refractivity contribution in [1.29, 1.82) is 0 Å².